The maximum Gasteiger partial charge on any atom is 0.166 e. The van der Waals surface area contributed by atoms with Crippen LogP contribution in [0.1, 0.15) is 22.9 Å². The molecule has 0 spiro atoms. The van der Waals surface area contributed by atoms with E-state index in [2.05, 4.69) is 15.0 Å². The molecule has 4 atom stereocenters. The van der Waals surface area contributed by atoms with Gasteiger partial charge in [0.2, 0.25) is 0 Å². The molecule has 6 rings (SSSR count). The molecule has 0 unspecified atom stereocenters. The van der Waals surface area contributed by atoms with Gasteiger partial charge in [-0.2, -0.15) is 0 Å². The zero-order chi connectivity index (χ0) is 27.1. The second-order valence-corrected chi connectivity index (χ2v) is 10.0. The fourth-order valence-corrected chi connectivity index (χ4v) is 5.11. The van der Waals surface area contributed by atoms with Crippen molar-refractivity contribution in [2.45, 2.75) is 44.4 Å². The lowest BCUT2D eigenvalue weighted by Gasteiger charge is -2.25. The van der Waals surface area contributed by atoms with Gasteiger partial charge in [0, 0.05) is 0 Å². The van der Waals surface area contributed by atoms with Crippen LogP contribution in [0.3, 0.4) is 0 Å². The summed E-state index contributed by atoms with van der Waals surface area (Å²) >= 11 is 5.41. The molecule has 2 aromatic heterocycles. The van der Waals surface area contributed by atoms with E-state index in [4.69, 9.17) is 31.2 Å². The summed E-state index contributed by atoms with van der Waals surface area (Å²) in [6, 6.07) is 30.3. The Morgan fingerprint density at radius 3 is 1.95 bits per heavy atom. The Kier molecular flexibility index (Phi) is 8.36. The van der Waals surface area contributed by atoms with Crippen LogP contribution < -0.4 is 0 Å². The number of hydrogen-bond acceptors (Lipinski definition) is 7. The molecule has 1 fully saturated rings. The van der Waals surface area contributed by atoms with Crippen molar-refractivity contribution in [1.29, 1.82) is 0 Å². The third-order valence-electron chi connectivity index (χ3n) is 6.90. The number of H-pyrrole nitrogens is 1. The van der Waals surface area contributed by atoms with Gasteiger partial charge in [0.05, 0.1) is 39.1 Å². The van der Waals surface area contributed by atoms with Crippen molar-refractivity contribution >= 4 is 23.4 Å². The van der Waals surface area contributed by atoms with Gasteiger partial charge in [-0.25, -0.2) is 9.97 Å². The average Bonchev–Trinajstić information content (AvgIpc) is 3.58. The van der Waals surface area contributed by atoms with E-state index in [1.807, 2.05) is 95.6 Å². The number of nitrogens with one attached hydrogen (secondary N) is 1. The minimum Gasteiger partial charge on any atom is -0.374 e. The van der Waals surface area contributed by atoms with E-state index in [1.54, 1.807) is 12.7 Å². The monoisotopic (exact) mass is 554 g/mol. The van der Waals surface area contributed by atoms with Gasteiger partial charge in [0.15, 0.2) is 10.9 Å². The highest BCUT2D eigenvalue weighted by atomic mass is 32.1. The molecule has 0 amide bonds. The van der Waals surface area contributed by atoms with Gasteiger partial charge < -0.3 is 23.9 Å². The van der Waals surface area contributed by atoms with Gasteiger partial charge >= 0.3 is 0 Å². The first-order chi connectivity index (χ1) is 19.8. The Morgan fingerprint density at radius 2 is 1.32 bits per heavy atom. The Balaban J connectivity index is 1.30. The van der Waals surface area contributed by atoms with Crippen LogP contribution in [-0.4, -0.2) is 44.4 Å². The molecule has 204 valence electrons. The minimum absolute atomic E-state index is 0.334. The Morgan fingerprint density at radius 1 is 0.750 bits per heavy atom. The van der Waals surface area contributed by atoms with Crippen molar-refractivity contribution in [2.75, 3.05) is 6.61 Å². The van der Waals surface area contributed by atoms with E-state index in [-0.39, 0.29) is 6.10 Å². The lowest BCUT2D eigenvalue weighted by Crippen LogP contribution is -2.38. The number of aromatic nitrogens is 4. The molecule has 3 aromatic carbocycles. The van der Waals surface area contributed by atoms with Gasteiger partial charge in [-0.05, 0) is 16.7 Å². The summed E-state index contributed by atoms with van der Waals surface area (Å²) in [5.41, 5.74) is 4.54. The summed E-state index contributed by atoms with van der Waals surface area (Å²) in [6.45, 7) is 1.62. The Labute approximate surface area is 237 Å². The molecule has 9 heteroatoms. The predicted molar refractivity (Wildman–Crippen MR) is 153 cm³/mol. The predicted octanol–water partition coefficient (Wildman–Crippen LogP) is 5.77. The van der Waals surface area contributed by atoms with Crippen LogP contribution in [-0.2, 0) is 38.8 Å². The molecule has 40 heavy (non-hydrogen) atoms. The molecule has 1 N–H and O–H groups in total. The topological polar surface area (TPSA) is 83.4 Å². The van der Waals surface area contributed by atoms with Crippen LogP contribution in [0, 0.1) is 4.64 Å². The van der Waals surface area contributed by atoms with E-state index < -0.39 is 18.4 Å². The largest absolute Gasteiger partial charge is 0.374 e. The van der Waals surface area contributed by atoms with Crippen LogP contribution in [0.2, 0.25) is 0 Å². The smallest absolute Gasteiger partial charge is 0.166 e. The number of nitrogens with zero attached hydrogens (tertiary/aromatic N) is 3. The first-order valence-corrected chi connectivity index (χ1v) is 13.7. The standard InChI is InChI=1S/C31H30N4O4S/c40-30-26-29(32-20-33-30)35(21-34-26)31-28(38-18-24-14-8-3-9-15-24)27(37-17-23-12-6-2-7-13-23)25(39-31)19-36-16-22-10-4-1-5-11-22/h1-15,20-21,25,27-28,31H,16-19H2,(H,32,33,40)/t25-,27-,28-,31+/m0/s1. The molecule has 1 aliphatic heterocycles. The number of aromatic amines is 1. The van der Waals surface area contributed by atoms with E-state index in [0.29, 0.717) is 42.2 Å². The quantitative estimate of drug-likeness (QED) is 0.208. The molecule has 1 aliphatic rings. The van der Waals surface area contributed by atoms with Crippen molar-refractivity contribution in [2.24, 2.45) is 0 Å². The maximum absolute atomic E-state index is 6.67. The lowest BCUT2D eigenvalue weighted by molar-refractivity contribution is -0.0913. The summed E-state index contributed by atoms with van der Waals surface area (Å²) in [5.74, 6) is 0. The van der Waals surface area contributed by atoms with E-state index >= 15 is 0 Å². The SMILES string of the molecule is S=c1nc[nH]c2c1ncn2[C@@H]1O[C@@H](COCc2ccccc2)[C@H](OCc2ccccc2)[C@@H]1OCc1ccccc1. The van der Waals surface area contributed by atoms with Crippen molar-refractivity contribution < 1.29 is 18.9 Å². The van der Waals surface area contributed by atoms with Gasteiger partial charge in [-0.1, -0.05) is 103 Å². The lowest BCUT2D eigenvalue weighted by atomic mass is 10.1. The maximum atomic E-state index is 6.67. The average molecular weight is 555 g/mol. The van der Waals surface area contributed by atoms with Crippen LogP contribution in [0.25, 0.3) is 11.2 Å². The Bertz CT molecular complexity index is 1560. The highest BCUT2D eigenvalue weighted by molar-refractivity contribution is 7.71. The minimum atomic E-state index is -0.534. The summed E-state index contributed by atoms with van der Waals surface area (Å²) < 4.78 is 28.3. The van der Waals surface area contributed by atoms with Crippen molar-refractivity contribution in [3.63, 3.8) is 0 Å². The fraction of sp³-hybridized carbons (Fsp3) is 0.258. The first kappa shape index (κ1) is 26.5. The summed E-state index contributed by atoms with van der Waals surface area (Å²) in [5, 5.41) is 0. The van der Waals surface area contributed by atoms with Crippen LogP contribution in [0.4, 0.5) is 0 Å². The molecule has 8 nitrogen and oxygen atoms in total. The Hall–Kier alpha value is -3.73. The number of fused-ring (bicyclic) bond motifs is 1. The van der Waals surface area contributed by atoms with E-state index in [0.717, 1.165) is 16.7 Å². The molecule has 3 heterocycles. The van der Waals surface area contributed by atoms with E-state index in [1.165, 1.54) is 0 Å². The molecular weight excluding hydrogens is 524 g/mol. The van der Waals surface area contributed by atoms with Crippen molar-refractivity contribution in [3.8, 4) is 0 Å². The van der Waals surface area contributed by atoms with Crippen LogP contribution in [0.5, 0.6) is 0 Å². The second kappa shape index (κ2) is 12.6. The zero-order valence-corrected chi connectivity index (χ0v) is 22.7. The van der Waals surface area contributed by atoms with Gasteiger partial charge in [0.25, 0.3) is 0 Å². The van der Waals surface area contributed by atoms with Crippen molar-refractivity contribution in [3.05, 3.63) is 125 Å². The number of rotatable bonds is 11. The van der Waals surface area contributed by atoms with Crippen molar-refractivity contribution in [1.82, 2.24) is 19.5 Å². The number of hydrogen-bond donors (Lipinski definition) is 1. The highest BCUT2D eigenvalue weighted by Gasteiger charge is 2.48. The number of benzene rings is 3. The normalized spacial score (nSPS) is 20.7. The second-order valence-electron chi connectivity index (χ2n) is 9.65. The molecule has 0 bridgehead atoms. The summed E-state index contributed by atoms with van der Waals surface area (Å²) in [4.78, 5) is 11.9. The fourth-order valence-electron chi connectivity index (χ4n) is 4.91. The number of imidazole rings is 1. The molecule has 0 aliphatic carbocycles. The molecule has 5 aromatic rings. The summed E-state index contributed by atoms with van der Waals surface area (Å²) in [6.07, 6.45) is 1.49. The van der Waals surface area contributed by atoms with Crippen LogP contribution in [0.15, 0.2) is 104 Å². The molecule has 0 saturated carbocycles. The molecule has 0 radical (unpaired) electrons. The molecular formula is C31H30N4O4S. The molecule has 1 saturated heterocycles. The van der Waals surface area contributed by atoms with E-state index in [9.17, 15) is 0 Å². The van der Waals surface area contributed by atoms with Crippen LogP contribution >= 0.6 is 12.2 Å². The number of ether oxygens (including phenoxy) is 4. The summed E-state index contributed by atoms with van der Waals surface area (Å²) in [7, 11) is 0. The third-order valence-corrected chi connectivity index (χ3v) is 7.20. The first-order valence-electron chi connectivity index (χ1n) is 13.2. The van der Waals surface area contributed by atoms with Gasteiger partial charge in [-0.15, -0.1) is 0 Å². The van der Waals surface area contributed by atoms with Gasteiger partial charge in [0.1, 0.15) is 29.5 Å². The van der Waals surface area contributed by atoms with Gasteiger partial charge in [-0.3, -0.25) is 4.57 Å². The third kappa shape index (κ3) is 6.04. The zero-order valence-electron chi connectivity index (χ0n) is 21.8. The highest BCUT2D eigenvalue weighted by Crippen LogP contribution is 2.36.